The van der Waals surface area contributed by atoms with Crippen LogP contribution in [0.15, 0.2) is 23.7 Å². The first-order valence-corrected chi connectivity index (χ1v) is 10.4. The van der Waals surface area contributed by atoms with Crippen LogP contribution in [0.2, 0.25) is 0 Å². The summed E-state index contributed by atoms with van der Waals surface area (Å²) in [6, 6.07) is 0.524. The zero-order valence-electron chi connectivity index (χ0n) is 15.9. The van der Waals surface area contributed by atoms with E-state index in [1.165, 1.54) is 38.3 Å². The van der Waals surface area contributed by atoms with Gasteiger partial charge >= 0.3 is 0 Å². The molecule has 0 aromatic rings. The molecule has 0 aromatic heterocycles. The van der Waals surface area contributed by atoms with Gasteiger partial charge in [-0.25, -0.2) is 4.39 Å². The molecule has 4 nitrogen and oxygen atoms in total. The van der Waals surface area contributed by atoms with Crippen molar-refractivity contribution in [3.8, 4) is 0 Å². The Kier molecular flexibility index (Phi) is 5.46. The lowest BCUT2D eigenvalue weighted by Crippen LogP contribution is -2.56. The molecule has 0 amide bonds. The average Bonchev–Trinajstić information content (AvgIpc) is 3.04. The zero-order chi connectivity index (χ0) is 18.1. The number of nitrogens with zero attached hydrogens (tertiary/aromatic N) is 2. The van der Waals surface area contributed by atoms with E-state index in [9.17, 15) is 9.18 Å². The molecule has 144 valence electrons. The Morgan fingerprint density at radius 2 is 2.08 bits per heavy atom. The molecule has 0 aromatic carbocycles. The van der Waals surface area contributed by atoms with Crippen molar-refractivity contribution in [3.05, 3.63) is 23.7 Å². The van der Waals surface area contributed by atoms with Crippen LogP contribution in [0.3, 0.4) is 0 Å². The summed E-state index contributed by atoms with van der Waals surface area (Å²) in [6.45, 7) is 3.71. The Morgan fingerprint density at radius 1 is 1.27 bits per heavy atom. The lowest BCUT2D eigenvalue weighted by molar-refractivity contribution is -0.126. The first-order valence-electron chi connectivity index (χ1n) is 10.4. The van der Waals surface area contributed by atoms with Gasteiger partial charge in [0.15, 0.2) is 0 Å². The minimum Gasteiger partial charge on any atom is -0.382 e. The molecule has 2 aliphatic carbocycles. The van der Waals surface area contributed by atoms with E-state index in [4.69, 9.17) is 0 Å². The summed E-state index contributed by atoms with van der Waals surface area (Å²) in [5.41, 5.74) is 0.758. The summed E-state index contributed by atoms with van der Waals surface area (Å²) in [5.74, 6) is 0.964. The van der Waals surface area contributed by atoms with Gasteiger partial charge in [-0.05, 0) is 38.6 Å². The number of hydrogen-bond acceptors (Lipinski definition) is 4. The van der Waals surface area contributed by atoms with Gasteiger partial charge < -0.3 is 10.2 Å². The van der Waals surface area contributed by atoms with Gasteiger partial charge in [0.2, 0.25) is 0 Å². The first-order chi connectivity index (χ1) is 12.6. The minimum absolute atomic E-state index is 0.000620. The van der Waals surface area contributed by atoms with E-state index >= 15 is 0 Å². The Bertz CT molecular complexity index is 596. The number of allylic oxidation sites excluding steroid dienone is 1. The molecule has 0 radical (unpaired) electrons. The third-order valence-electron chi connectivity index (χ3n) is 6.95. The second kappa shape index (κ2) is 7.81. The topological polar surface area (TPSA) is 35.6 Å². The van der Waals surface area contributed by atoms with Crippen LogP contribution in [0.25, 0.3) is 0 Å². The molecule has 2 fully saturated rings. The third-order valence-corrected chi connectivity index (χ3v) is 6.95. The number of Topliss-reactive ketones (excluding diaryl/α,β-unsaturated/α-hetero) is 1. The van der Waals surface area contributed by atoms with E-state index in [-0.39, 0.29) is 17.8 Å². The van der Waals surface area contributed by atoms with Crippen molar-refractivity contribution in [2.45, 2.75) is 57.0 Å². The second-order valence-corrected chi connectivity index (χ2v) is 8.70. The van der Waals surface area contributed by atoms with Crippen LogP contribution in [0.1, 0.15) is 44.9 Å². The van der Waals surface area contributed by atoms with Crippen molar-refractivity contribution in [2.75, 3.05) is 33.2 Å². The monoisotopic (exact) mass is 361 g/mol. The maximum atomic E-state index is 13.7. The summed E-state index contributed by atoms with van der Waals surface area (Å²) in [7, 11) is 2.20. The molecule has 1 N–H and O–H groups in total. The van der Waals surface area contributed by atoms with Crippen LogP contribution in [0, 0.1) is 11.8 Å². The smallest absolute Gasteiger partial charge is 0.150 e. The van der Waals surface area contributed by atoms with E-state index < -0.39 is 0 Å². The zero-order valence-corrected chi connectivity index (χ0v) is 15.9. The summed E-state index contributed by atoms with van der Waals surface area (Å²) >= 11 is 0. The maximum absolute atomic E-state index is 13.7. The van der Waals surface area contributed by atoms with Crippen molar-refractivity contribution in [1.29, 1.82) is 0 Å². The molecular formula is C21H32FN3O. The van der Waals surface area contributed by atoms with Gasteiger partial charge in [-0.3, -0.25) is 9.69 Å². The highest BCUT2D eigenvalue weighted by Crippen LogP contribution is 2.34. The van der Waals surface area contributed by atoms with Crippen LogP contribution in [0.4, 0.5) is 4.39 Å². The van der Waals surface area contributed by atoms with Gasteiger partial charge in [-0.2, -0.15) is 0 Å². The predicted octanol–water partition coefficient (Wildman–Crippen LogP) is 2.87. The number of piperazine rings is 1. The number of fused-ring (bicyclic) bond motifs is 1. The van der Waals surface area contributed by atoms with Gasteiger partial charge in [-0.1, -0.05) is 25.3 Å². The number of nitrogens with one attached hydrogen (secondary N) is 1. The van der Waals surface area contributed by atoms with Crippen LogP contribution in [0.5, 0.6) is 0 Å². The SMILES string of the molecule is CN1CCN(CC(=O)C2CC=C3C(F)=CNC3C2)C(C2CCCCC2)C1. The molecule has 1 saturated heterocycles. The molecule has 3 unspecified atom stereocenters. The van der Waals surface area contributed by atoms with E-state index in [2.05, 4.69) is 22.2 Å². The van der Waals surface area contributed by atoms with Crippen molar-refractivity contribution < 1.29 is 9.18 Å². The van der Waals surface area contributed by atoms with Crippen molar-refractivity contribution >= 4 is 5.78 Å². The fourth-order valence-corrected chi connectivity index (χ4v) is 5.34. The van der Waals surface area contributed by atoms with Gasteiger partial charge in [0.25, 0.3) is 0 Å². The molecule has 26 heavy (non-hydrogen) atoms. The second-order valence-electron chi connectivity index (χ2n) is 8.70. The average molecular weight is 362 g/mol. The quantitative estimate of drug-likeness (QED) is 0.835. The van der Waals surface area contributed by atoms with Crippen LogP contribution in [-0.2, 0) is 4.79 Å². The number of carbonyl (C=O) groups excluding carboxylic acids is 1. The maximum Gasteiger partial charge on any atom is 0.150 e. The number of likely N-dealkylation sites (N-methyl/N-ethyl adjacent to an activating group) is 1. The Balaban J connectivity index is 1.38. The highest BCUT2D eigenvalue weighted by Gasteiger charge is 2.37. The van der Waals surface area contributed by atoms with E-state index in [1.54, 1.807) is 0 Å². The van der Waals surface area contributed by atoms with Crippen LogP contribution >= 0.6 is 0 Å². The molecule has 0 spiro atoms. The van der Waals surface area contributed by atoms with Gasteiger partial charge in [0.1, 0.15) is 11.6 Å². The fraction of sp³-hybridized carbons (Fsp3) is 0.762. The highest BCUT2D eigenvalue weighted by atomic mass is 19.1. The summed E-state index contributed by atoms with van der Waals surface area (Å²) in [5, 5.41) is 3.09. The largest absolute Gasteiger partial charge is 0.382 e. The number of carbonyl (C=O) groups is 1. The molecule has 1 saturated carbocycles. The number of ketones is 1. The standard InChI is InChI=1S/C21H32FN3O/c1-24-9-10-25(20(13-24)15-5-3-2-4-6-15)14-21(26)16-7-8-17-18(22)12-23-19(17)11-16/h8,12,15-16,19-20,23H,2-7,9-11,13-14H2,1H3. The van der Waals surface area contributed by atoms with Crippen LogP contribution < -0.4 is 5.32 Å². The summed E-state index contributed by atoms with van der Waals surface area (Å²) in [6.07, 6.45) is 11.5. The number of hydrogen-bond donors (Lipinski definition) is 1. The molecule has 4 rings (SSSR count). The van der Waals surface area contributed by atoms with Gasteiger partial charge in [0.05, 0.1) is 12.6 Å². The number of halogens is 1. The van der Waals surface area contributed by atoms with E-state index in [0.717, 1.165) is 37.5 Å². The minimum atomic E-state index is -0.155. The number of rotatable bonds is 4. The molecular weight excluding hydrogens is 329 g/mol. The summed E-state index contributed by atoms with van der Waals surface area (Å²) < 4.78 is 13.7. The molecule has 5 heteroatoms. The summed E-state index contributed by atoms with van der Waals surface area (Å²) in [4.78, 5) is 17.9. The first kappa shape index (κ1) is 18.2. The molecule has 2 heterocycles. The van der Waals surface area contributed by atoms with Gasteiger partial charge in [0, 0.05) is 43.4 Å². The van der Waals surface area contributed by atoms with Crippen LogP contribution in [-0.4, -0.2) is 60.9 Å². The lowest BCUT2D eigenvalue weighted by atomic mass is 9.81. The predicted molar refractivity (Wildman–Crippen MR) is 101 cm³/mol. The van der Waals surface area contributed by atoms with Gasteiger partial charge in [-0.15, -0.1) is 0 Å². The van der Waals surface area contributed by atoms with Crippen molar-refractivity contribution in [3.63, 3.8) is 0 Å². The molecule has 0 bridgehead atoms. The van der Waals surface area contributed by atoms with E-state index in [0.29, 0.717) is 24.8 Å². The normalized spacial score (nSPS) is 34.0. The van der Waals surface area contributed by atoms with Crippen molar-refractivity contribution in [1.82, 2.24) is 15.1 Å². The fourth-order valence-electron chi connectivity index (χ4n) is 5.34. The van der Waals surface area contributed by atoms with Crippen molar-refractivity contribution in [2.24, 2.45) is 11.8 Å². The molecule has 4 aliphatic rings. The Morgan fingerprint density at radius 3 is 2.88 bits per heavy atom. The highest BCUT2D eigenvalue weighted by molar-refractivity contribution is 5.83. The lowest BCUT2D eigenvalue weighted by Gasteiger charge is -2.45. The Hall–Kier alpha value is -1.20. The Labute approximate surface area is 156 Å². The third kappa shape index (κ3) is 3.74. The molecule has 3 atom stereocenters. The van der Waals surface area contributed by atoms with E-state index in [1.807, 2.05) is 6.08 Å². The molecule has 2 aliphatic heterocycles.